The summed E-state index contributed by atoms with van der Waals surface area (Å²) < 4.78 is 7.07. The van der Waals surface area contributed by atoms with Crippen molar-refractivity contribution in [2.45, 2.75) is 70.8 Å². The van der Waals surface area contributed by atoms with Crippen molar-refractivity contribution in [3.63, 3.8) is 0 Å². The fraction of sp³-hybridized carbons (Fsp3) is 0.750. The molecule has 1 aliphatic carbocycles. The van der Waals surface area contributed by atoms with Crippen LogP contribution < -0.4 is 5.73 Å². The topological polar surface area (TPSA) is 61.0 Å². The minimum Gasteiger partial charge on any atom is -0.383 e. The van der Waals surface area contributed by atoms with Crippen LogP contribution in [-0.2, 0) is 10.3 Å². The van der Waals surface area contributed by atoms with Crippen molar-refractivity contribution in [2.24, 2.45) is 0 Å². The van der Waals surface area contributed by atoms with Crippen LogP contribution in [0.5, 0.6) is 0 Å². The molecule has 4 nitrogen and oxygen atoms in total. The molecule has 0 spiro atoms. The first-order valence-electron chi connectivity index (χ1n) is 8.05. The molecule has 2 N–H and O–H groups in total. The molecule has 21 heavy (non-hydrogen) atoms. The number of anilines is 1. The van der Waals surface area contributed by atoms with Crippen molar-refractivity contribution in [2.75, 3.05) is 12.3 Å². The van der Waals surface area contributed by atoms with Crippen LogP contribution >= 0.6 is 22.6 Å². The summed E-state index contributed by atoms with van der Waals surface area (Å²) in [6.45, 7) is 6.95. The van der Waals surface area contributed by atoms with Crippen molar-refractivity contribution < 1.29 is 4.74 Å². The van der Waals surface area contributed by atoms with E-state index in [0.29, 0.717) is 18.3 Å². The van der Waals surface area contributed by atoms with E-state index < -0.39 is 5.60 Å². The van der Waals surface area contributed by atoms with Gasteiger partial charge in [0.1, 0.15) is 11.4 Å². The Bertz CT molecular complexity index is 483. The molecule has 0 aliphatic heterocycles. The molecule has 5 heteroatoms. The minimum absolute atomic E-state index is 0.402. The molecular weight excluding hydrogens is 377 g/mol. The van der Waals surface area contributed by atoms with Gasteiger partial charge in [0.25, 0.3) is 0 Å². The van der Waals surface area contributed by atoms with Crippen LogP contribution in [0.15, 0.2) is 0 Å². The Balaban J connectivity index is 2.48. The van der Waals surface area contributed by atoms with Crippen molar-refractivity contribution in [3.8, 4) is 0 Å². The van der Waals surface area contributed by atoms with E-state index in [4.69, 9.17) is 15.5 Å². The lowest BCUT2D eigenvalue weighted by atomic mass is 9.95. The molecule has 0 radical (unpaired) electrons. The van der Waals surface area contributed by atoms with E-state index in [1.54, 1.807) is 0 Å². The number of halogens is 1. The third-order valence-corrected chi connectivity index (χ3v) is 5.72. The molecule has 1 saturated carbocycles. The summed E-state index contributed by atoms with van der Waals surface area (Å²) in [6, 6.07) is 0. The molecule has 0 unspecified atom stereocenters. The third kappa shape index (κ3) is 3.33. The van der Waals surface area contributed by atoms with Gasteiger partial charge in [0, 0.05) is 12.5 Å². The van der Waals surface area contributed by atoms with Gasteiger partial charge in [-0.15, -0.1) is 0 Å². The fourth-order valence-corrected chi connectivity index (χ4v) is 3.95. The number of rotatable bonds is 6. The van der Waals surface area contributed by atoms with E-state index >= 15 is 0 Å². The second-order valence-corrected chi connectivity index (χ2v) is 6.83. The average molecular weight is 403 g/mol. The van der Waals surface area contributed by atoms with E-state index in [1.165, 1.54) is 25.7 Å². The quantitative estimate of drug-likeness (QED) is 0.717. The van der Waals surface area contributed by atoms with Gasteiger partial charge in [-0.2, -0.15) is 0 Å². The SMILES string of the molecule is CCOC(CC)(CC)c1nc(N)c(I)c(C2CCCC2)n1. The maximum Gasteiger partial charge on any atom is 0.162 e. The molecule has 0 atom stereocenters. The number of hydrogen-bond donors (Lipinski definition) is 1. The first-order valence-corrected chi connectivity index (χ1v) is 9.13. The molecule has 118 valence electrons. The molecule has 2 rings (SSSR count). The van der Waals surface area contributed by atoms with Crippen LogP contribution in [0.2, 0.25) is 0 Å². The zero-order valence-electron chi connectivity index (χ0n) is 13.3. The van der Waals surface area contributed by atoms with Gasteiger partial charge in [-0.05, 0) is 55.2 Å². The Morgan fingerprint density at radius 3 is 2.33 bits per heavy atom. The predicted molar refractivity (Wildman–Crippen MR) is 94.3 cm³/mol. The normalized spacial score (nSPS) is 16.6. The molecular formula is C16H26IN3O. The van der Waals surface area contributed by atoms with Gasteiger partial charge >= 0.3 is 0 Å². The maximum absolute atomic E-state index is 6.18. The van der Waals surface area contributed by atoms with Crippen molar-refractivity contribution in [1.29, 1.82) is 0 Å². The smallest absolute Gasteiger partial charge is 0.162 e. The van der Waals surface area contributed by atoms with Crippen LogP contribution in [-0.4, -0.2) is 16.6 Å². The summed E-state index contributed by atoms with van der Waals surface area (Å²) in [5.41, 5.74) is 6.92. The highest BCUT2D eigenvalue weighted by Gasteiger charge is 2.34. The fourth-order valence-electron chi connectivity index (χ4n) is 3.27. The van der Waals surface area contributed by atoms with Gasteiger partial charge < -0.3 is 10.5 Å². The maximum atomic E-state index is 6.18. The number of ether oxygens (including phenoxy) is 1. The van der Waals surface area contributed by atoms with Crippen LogP contribution in [0.4, 0.5) is 5.82 Å². The highest BCUT2D eigenvalue weighted by molar-refractivity contribution is 14.1. The Kier molecular flexibility index (Phi) is 5.82. The second-order valence-electron chi connectivity index (χ2n) is 5.75. The summed E-state index contributed by atoms with van der Waals surface area (Å²) in [7, 11) is 0. The molecule has 1 aliphatic rings. The standard InChI is InChI=1S/C16H26IN3O/c1-4-16(5-2,21-6-3)15-19-13(11-9-7-8-10-11)12(17)14(18)20-15/h11H,4-10H2,1-3H3,(H2,18,19,20). The minimum atomic E-state index is -0.402. The summed E-state index contributed by atoms with van der Waals surface area (Å²) in [5.74, 6) is 1.91. The van der Waals surface area contributed by atoms with Crippen LogP contribution in [0.3, 0.4) is 0 Å². The number of nitrogen functional groups attached to an aromatic ring is 1. The zero-order valence-corrected chi connectivity index (χ0v) is 15.4. The van der Waals surface area contributed by atoms with E-state index in [1.807, 2.05) is 6.92 Å². The molecule has 1 aromatic heterocycles. The number of aromatic nitrogens is 2. The zero-order chi connectivity index (χ0) is 15.5. The lowest BCUT2D eigenvalue weighted by Gasteiger charge is -2.31. The average Bonchev–Trinajstić information content (AvgIpc) is 3.01. The van der Waals surface area contributed by atoms with Crippen molar-refractivity contribution >= 4 is 28.4 Å². The van der Waals surface area contributed by atoms with Crippen LogP contribution in [0.1, 0.15) is 76.7 Å². The Morgan fingerprint density at radius 1 is 1.19 bits per heavy atom. The summed E-state index contributed by atoms with van der Waals surface area (Å²) in [4.78, 5) is 9.50. The van der Waals surface area contributed by atoms with Gasteiger partial charge in [-0.1, -0.05) is 26.7 Å². The Hall–Kier alpha value is -0.430. The second kappa shape index (κ2) is 7.22. The first kappa shape index (κ1) is 16.9. The van der Waals surface area contributed by atoms with Crippen molar-refractivity contribution in [3.05, 3.63) is 15.1 Å². The molecule has 0 saturated heterocycles. The molecule has 0 aromatic carbocycles. The highest BCUT2D eigenvalue weighted by atomic mass is 127. The molecule has 0 amide bonds. The number of nitrogens with two attached hydrogens (primary N) is 1. The van der Waals surface area contributed by atoms with Gasteiger partial charge in [0.05, 0.1) is 9.26 Å². The van der Waals surface area contributed by atoms with Crippen LogP contribution in [0, 0.1) is 3.57 Å². The monoisotopic (exact) mass is 403 g/mol. The predicted octanol–water partition coefficient (Wildman–Crippen LogP) is 4.37. The Morgan fingerprint density at radius 2 is 1.81 bits per heavy atom. The summed E-state index contributed by atoms with van der Waals surface area (Å²) >= 11 is 2.29. The lowest BCUT2D eigenvalue weighted by molar-refractivity contribution is -0.0572. The van der Waals surface area contributed by atoms with E-state index in [9.17, 15) is 0 Å². The van der Waals surface area contributed by atoms with Gasteiger partial charge in [-0.3, -0.25) is 0 Å². The first-order chi connectivity index (χ1) is 10.1. The summed E-state index contributed by atoms with van der Waals surface area (Å²) in [5, 5.41) is 0. The van der Waals surface area contributed by atoms with Gasteiger partial charge in [-0.25, -0.2) is 9.97 Å². The molecule has 1 heterocycles. The van der Waals surface area contributed by atoms with E-state index in [-0.39, 0.29) is 0 Å². The van der Waals surface area contributed by atoms with Gasteiger partial charge in [0.15, 0.2) is 5.82 Å². The van der Waals surface area contributed by atoms with Gasteiger partial charge in [0.2, 0.25) is 0 Å². The molecule has 1 fully saturated rings. The van der Waals surface area contributed by atoms with E-state index in [0.717, 1.165) is 27.9 Å². The molecule has 0 bridgehead atoms. The highest BCUT2D eigenvalue weighted by Crippen LogP contribution is 2.39. The Labute approximate surface area is 141 Å². The van der Waals surface area contributed by atoms with Crippen molar-refractivity contribution in [1.82, 2.24) is 9.97 Å². The molecule has 1 aromatic rings. The number of nitrogens with zero attached hydrogens (tertiary/aromatic N) is 2. The number of hydrogen-bond acceptors (Lipinski definition) is 4. The lowest BCUT2D eigenvalue weighted by Crippen LogP contribution is -2.32. The van der Waals surface area contributed by atoms with E-state index in [2.05, 4.69) is 41.4 Å². The van der Waals surface area contributed by atoms with Crippen LogP contribution in [0.25, 0.3) is 0 Å². The largest absolute Gasteiger partial charge is 0.383 e. The third-order valence-electron chi connectivity index (χ3n) is 4.61. The summed E-state index contributed by atoms with van der Waals surface area (Å²) in [6.07, 6.45) is 6.73.